The van der Waals surface area contributed by atoms with Gasteiger partial charge in [-0.3, -0.25) is 0 Å². The summed E-state index contributed by atoms with van der Waals surface area (Å²) >= 11 is 0. The fourth-order valence-corrected chi connectivity index (χ4v) is 5.30. The number of aromatic hydroxyl groups is 1. The van der Waals surface area contributed by atoms with E-state index in [4.69, 9.17) is 4.74 Å². The molecule has 182 valence electrons. The molecule has 3 aromatic carbocycles. The van der Waals surface area contributed by atoms with Gasteiger partial charge in [-0.15, -0.1) is 0 Å². The zero-order chi connectivity index (χ0) is 25.6. The molecule has 1 heterocycles. The van der Waals surface area contributed by atoms with Crippen LogP contribution in [0.25, 0.3) is 27.7 Å². The Balaban J connectivity index is 1.92. The molecule has 1 fully saturated rings. The van der Waals surface area contributed by atoms with Crippen molar-refractivity contribution in [2.75, 3.05) is 7.11 Å². The number of hydrogen-bond acceptors (Lipinski definition) is 4. The van der Waals surface area contributed by atoms with E-state index < -0.39 is 23.0 Å². The molecule has 0 radical (unpaired) electrons. The fourth-order valence-electron chi connectivity index (χ4n) is 5.30. The normalized spacial score (nSPS) is 14.3. The molecule has 4 aromatic rings. The first-order valence-electron chi connectivity index (χ1n) is 11.7. The van der Waals surface area contributed by atoms with Crippen LogP contribution in [0.4, 0.5) is 8.78 Å². The zero-order valence-corrected chi connectivity index (χ0v) is 19.9. The van der Waals surface area contributed by atoms with Crippen LogP contribution in [-0.4, -0.2) is 22.8 Å². The third-order valence-electron chi connectivity index (χ3n) is 7.28. The van der Waals surface area contributed by atoms with Gasteiger partial charge in [0.2, 0.25) is 0 Å². The molecule has 1 aliphatic carbocycles. The van der Waals surface area contributed by atoms with E-state index in [1.54, 1.807) is 49.4 Å². The minimum atomic E-state index is -0.767. The first kappa shape index (κ1) is 23.6. The number of phenolic OH excluding ortho intramolecular Hbond substituents is 1. The molecule has 0 saturated heterocycles. The Labute approximate surface area is 207 Å². The number of esters is 1. The number of nitriles is 1. The van der Waals surface area contributed by atoms with Gasteiger partial charge in [-0.25, -0.2) is 13.6 Å². The highest BCUT2D eigenvalue weighted by atomic mass is 19.1. The zero-order valence-electron chi connectivity index (χ0n) is 19.9. The fraction of sp³-hybridized carbons (Fsp3) is 0.241. The summed E-state index contributed by atoms with van der Waals surface area (Å²) in [5.74, 6) is -2.10. The van der Waals surface area contributed by atoms with Crippen molar-refractivity contribution in [1.29, 1.82) is 5.26 Å². The van der Waals surface area contributed by atoms with E-state index in [-0.39, 0.29) is 12.2 Å². The summed E-state index contributed by atoms with van der Waals surface area (Å²) in [5, 5.41) is 21.0. The van der Waals surface area contributed by atoms with Gasteiger partial charge < -0.3 is 14.4 Å². The molecule has 1 N–H and O–H groups in total. The number of halogens is 2. The lowest BCUT2D eigenvalue weighted by atomic mass is 9.63. The van der Waals surface area contributed by atoms with Gasteiger partial charge in [0.05, 0.1) is 29.6 Å². The van der Waals surface area contributed by atoms with Gasteiger partial charge in [-0.1, -0.05) is 18.6 Å². The average molecular weight is 487 g/mol. The average Bonchev–Trinajstić information content (AvgIpc) is 3.21. The quantitative estimate of drug-likeness (QED) is 0.318. The lowest BCUT2D eigenvalue weighted by Gasteiger charge is -2.42. The lowest BCUT2D eigenvalue weighted by Crippen LogP contribution is -2.36. The van der Waals surface area contributed by atoms with Crippen molar-refractivity contribution < 1.29 is 23.4 Å². The van der Waals surface area contributed by atoms with Crippen LogP contribution in [0.5, 0.6) is 5.75 Å². The molecule has 5 rings (SSSR count). The highest BCUT2D eigenvalue weighted by Crippen LogP contribution is 2.54. The van der Waals surface area contributed by atoms with Crippen LogP contribution in [0.1, 0.15) is 47.3 Å². The van der Waals surface area contributed by atoms with Crippen LogP contribution in [-0.2, 0) is 10.2 Å². The Kier molecular flexibility index (Phi) is 5.76. The minimum absolute atomic E-state index is 0.236. The molecule has 1 aliphatic rings. The Hall–Kier alpha value is -4.18. The monoisotopic (exact) mass is 486 g/mol. The second kappa shape index (κ2) is 8.80. The number of aromatic nitrogens is 1. The van der Waals surface area contributed by atoms with E-state index in [2.05, 4.69) is 6.07 Å². The summed E-state index contributed by atoms with van der Waals surface area (Å²) in [6, 6.07) is 16.5. The number of rotatable bonds is 5. The molecule has 5 nitrogen and oxygen atoms in total. The first-order chi connectivity index (χ1) is 17.3. The molecule has 7 heteroatoms. The lowest BCUT2D eigenvalue weighted by molar-refractivity contribution is 0.0600. The van der Waals surface area contributed by atoms with Crippen LogP contribution in [0.3, 0.4) is 0 Å². The van der Waals surface area contributed by atoms with Crippen LogP contribution in [0.15, 0.2) is 54.6 Å². The number of hydrogen-bond donors (Lipinski definition) is 1. The predicted molar refractivity (Wildman–Crippen MR) is 132 cm³/mol. The number of carbonyl (C=O) groups is 1. The minimum Gasteiger partial charge on any atom is -0.504 e. The largest absolute Gasteiger partial charge is 0.504 e. The molecule has 36 heavy (non-hydrogen) atoms. The van der Waals surface area contributed by atoms with Crippen molar-refractivity contribution in [1.82, 2.24) is 4.57 Å². The highest BCUT2D eigenvalue weighted by molar-refractivity contribution is 6.04. The van der Waals surface area contributed by atoms with Gasteiger partial charge >= 0.3 is 5.97 Å². The summed E-state index contributed by atoms with van der Waals surface area (Å²) in [4.78, 5) is 12.0. The van der Waals surface area contributed by atoms with Crippen LogP contribution in [0, 0.1) is 29.9 Å². The maximum Gasteiger partial charge on any atom is 0.337 e. The molecular weight excluding hydrogens is 462 g/mol. The smallest absolute Gasteiger partial charge is 0.337 e. The summed E-state index contributed by atoms with van der Waals surface area (Å²) < 4.78 is 35.7. The third-order valence-corrected chi connectivity index (χ3v) is 7.28. The van der Waals surface area contributed by atoms with Gasteiger partial charge in [0, 0.05) is 28.8 Å². The van der Waals surface area contributed by atoms with Gasteiger partial charge in [0.25, 0.3) is 0 Å². The number of methoxy groups -OCH3 is 1. The van der Waals surface area contributed by atoms with E-state index >= 15 is 0 Å². The molecule has 0 aliphatic heterocycles. The maximum absolute atomic E-state index is 14.7. The van der Waals surface area contributed by atoms with E-state index in [1.807, 2.05) is 4.57 Å². The first-order valence-corrected chi connectivity index (χ1v) is 11.7. The summed E-state index contributed by atoms with van der Waals surface area (Å²) in [6.07, 6.45) is 2.65. The van der Waals surface area contributed by atoms with Gasteiger partial charge in [-0.05, 0) is 73.4 Å². The number of nitrogens with zero attached hydrogens (tertiary/aromatic N) is 2. The van der Waals surface area contributed by atoms with Gasteiger partial charge in [0.1, 0.15) is 5.82 Å². The molecule has 0 bridgehead atoms. The topological polar surface area (TPSA) is 75.2 Å². The van der Waals surface area contributed by atoms with E-state index in [0.717, 1.165) is 25.0 Å². The van der Waals surface area contributed by atoms with Crippen molar-refractivity contribution in [3.05, 3.63) is 83.1 Å². The number of aryl methyl sites for hydroxylation is 1. The summed E-state index contributed by atoms with van der Waals surface area (Å²) in [6.45, 7) is 1.67. The van der Waals surface area contributed by atoms with E-state index in [0.29, 0.717) is 38.8 Å². The van der Waals surface area contributed by atoms with Crippen LogP contribution >= 0.6 is 0 Å². The Morgan fingerprint density at radius 1 is 1.11 bits per heavy atom. The number of benzene rings is 3. The SMILES string of the molecule is COC(=O)c1ccc(-c2c(C3(CC#N)CCC3)n(-c3ccc(F)c(C)c3)c3ccc(F)c(O)c23)cc1. The predicted octanol–water partition coefficient (Wildman–Crippen LogP) is 6.71. The van der Waals surface area contributed by atoms with Gasteiger partial charge in [0.15, 0.2) is 11.6 Å². The molecule has 0 amide bonds. The van der Waals surface area contributed by atoms with Crippen molar-refractivity contribution in [2.24, 2.45) is 0 Å². The van der Waals surface area contributed by atoms with Crippen molar-refractivity contribution in [2.45, 2.75) is 38.0 Å². The van der Waals surface area contributed by atoms with E-state index in [1.165, 1.54) is 19.2 Å². The maximum atomic E-state index is 14.7. The Morgan fingerprint density at radius 2 is 1.81 bits per heavy atom. The number of ether oxygens (including phenoxy) is 1. The van der Waals surface area contributed by atoms with Crippen molar-refractivity contribution >= 4 is 16.9 Å². The van der Waals surface area contributed by atoms with Crippen molar-refractivity contribution in [3.63, 3.8) is 0 Å². The number of carbonyl (C=O) groups excluding carboxylic acids is 1. The summed E-state index contributed by atoms with van der Waals surface area (Å²) in [5.41, 5.74) is 3.48. The number of phenols is 1. The molecule has 0 atom stereocenters. The third kappa shape index (κ3) is 3.53. The number of fused-ring (bicyclic) bond motifs is 1. The van der Waals surface area contributed by atoms with E-state index in [9.17, 15) is 23.9 Å². The molecule has 0 unspecified atom stereocenters. The Bertz CT molecular complexity index is 1540. The molecular formula is C29H24F2N2O3. The summed E-state index contributed by atoms with van der Waals surface area (Å²) in [7, 11) is 1.30. The molecule has 1 saturated carbocycles. The van der Waals surface area contributed by atoms with Crippen LogP contribution < -0.4 is 0 Å². The molecule has 1 aromatic heterocycles. The van der Waals surface area contributed by atoms with Gasteiger partial charge in [-0.2, -0.15) is 5.26 Å². The second-order valence-electron chi connectivity index (χ2n) is 9.32. The van der Waals surface area contributed by atoms with Crippen LogP contribution in [0.2, 0.25) is 0 Å². The highest BCUT2D eigenvalue weighted by Gasteiger charge is 2.44. The standard InChI is InChI=1S/C29H24F2N2O3/c1-17-16-20(8-9-21(17)30)33-23-11-10-22(31)26(34)25(23)24(27(33)29(14-15-32)12-3-13-29)18-4-6-19(7-5-18)28(35)36-2/h4-11,16,34H,3,12-14H2,1-2H3. The Morgan fingerprint density at radius 3 is 2.39 bits per heavy atom. The van der Waals surface area contributed by atoms with Crippen molar-refractivity contribution in [3.8, 4) is 28.6 Å². The second-order valence-corrected chi connectivity index (χ2v) is 9.32. The molecule has 0 spiro atoms.